The van der Waals surface area contributed by atoms with Crippen molar-refractivity contribution in [2.75, 3.05) is 10.2 Å². The third-order valence-corrected chi connectivity index (χ3v) is 5.95. The van der Waals surface area contributed by atoms with Gasteiger partial charge < -0.3 is 10.2 Å². The predicted octanol–water partition coefficient (Wildman–Crippen LogP) is 3.80. The van der Waals surface area contributed by atoms with E-state index in [0.717, 1.165) is 5.56 Å². The Morgan fingerprint density at radius 3 is 2.26 bits per heavy atom. The Labute approximate surface area is 180 Å². The van der Waals surface area contributed by atoms with E-state index >= 15 is 0 Å². The molecule has 5 rings (SSSR count). The number of rotatable bonds is 4. The fourth-order valence-corrected chi connectivity index (χ4v) is 4.52. The molecule has 3 amide bonds. The van der Waals surface area contributed by atoms with Gasteiger partial charge in [-0.2, -0.15) is 0 Å². The van der Waals surface area contributed by atoms with Gasteiger partial charge in [0, 0.05) is 25.1 Å². The molecule has 1 saturated heterocycles. The third-order valence-electron chi connectivity index (χ3n) is 5.95. The molecule has 1 atom stereocenters. The van der Waals surface area contributed by atoms with Crippen molar-refractivity contribution in [3.8, 4) is 0 Å². The van der Waals surface area contributed by atoms with Crippen molar-refractivity contribution in [1.82, 2.24) is 4.90 Å². The van der Waals surface area contributed by atoms with Crippen LogP contribution in [-0.4, -0.2) is 28.3 Å². The first-order valence-corrected chi connectivity index (χ1v) is 10.3. The van der Waals surface area contributed by atoms with E-state index in [1.54, 1.807) is 41.3 Å². The number of para-hydroxylation sites is 2. The van der Waals surface area contributed by atoms with E-state index in [9.17, 15) is 14.4 Å². The largest absolute Gasteiger partial charge is 0.322 e. The Morgan fingerprint density at radius 2 is 1.52 bits per heavy atom. The van der Waals surface area contributed by atoms with Gasteiger partial charge in [-0.1, -0.05) is 60.7 Å². The fourth-order valence-electron chi connectivity index (χ4n) is 4.52. The van der Waals surface area contributed by atoms with E-state index in [0.29, 0.717) is 16.9 Å². The Balaban J connectivity index is 1.66. The van der Waals surface area contributed by atoms with Crippen LogP contribution in [-0.2, 0) is 16.1 Å². The number of amides is 3. The van der Waals surface area contributed by atoms with Crippen LogP contribution in [0.15, 0.2) is 84.9 Å². The highest BCUT2D eigenvalue weighted by Crippen LogP contribution is 2.45. The average molecular weight is 411 g/mol. The molecule has 3 aromatic rings. The zero-order chi connectivity index (χ0) is 21.4. The summed E-state index contributed by atoms with van der Waals surface area (Å²) in [5, 5.41) is 2.93. The van der Waals surface area contributed by atoms with Gasteiger partial charge in [0.2, 0.25) is 11.6 Å². The number of anilines is 2. The third kappa shape index (κ3) is 2.99. The van der Waals surface area contributed by atoms with Crippen LogP contribution in [0, 0.1) is 0 Å². The molecular weight excluding hydrogens is 390 g/mol. The van der Waals surface area contributed by atoms with Crippen LogP contribution in [0.25, 0.3) is 0 Å². The molecule has 6 nitrogen and oxygen atoms in total. The first kappa shape index (κ1) is 19.1. The fraction of sp³-hybridized carbons (Fsp3) is 0.160. The van der Waals surface area contributed by atoms with E-state index in [2.05, 4.69) is 5.32 Å². The molecule has 2 aliphatic heterocycles. The Bertz CT molecular complexity index is 1160. The number of benzene rings is 3. The minimum Gasteiger partial charge on any atom is -0.322 e. The van der Waals surface area contributed by atoms with E-state index in [1.807, 2.05) is 48.5 Å². The quantitative estimate of drug-likeness (QED) is 0.710. The van der Waals surface area contributed by atoms with Crippen molar-refractivity contribution in [3.63, 3.8) is 0 Å². The van der Waals surface area contributed by atoms with Crippen LogP contribution >= 0.6 is 0 Å². The molecule has 1 fully saturated rings. The van der Waals surface area contributed by atoms with E-state index in [-0.39, 0.29) is 37.1 Å². The molecule has 2 aliphatic rings. The summed E-state index contributed by atoms with van der Waals surface area (Å²) in [5.41, 5.74) is 1.00. The topological polar surface area (TPSA) is 69.7 Å². The molecule has 154 valence electrons. The highest BCUT2D eigenvalue weighted by molar-refractivity contribution is 6.18. The van der Waals surface area contributed by atoms with Gasteiger partial charge in [-0.15, -0.1) is 0 Å². The lowest BCUT2D eigenvalue weighted by molar-refractivity contribution is -0.129. The summed E-state index contributed by atoms with van der Waals surface area (Å²) in [6.07, 6.45) is 0.423. The molecule has 3 aromatic carbocycles. The maximum Gasteiger partial charge on any atom is 0.271 e. The second-order valence-corrected chi connectivity index (χ2v) is 7.76. The summed E-state index contributed by atoms with van der Waals surface area (Å²) in [4.78, 5) is 43.5. The molecule has 1 N–H and O–H groups in total. The number of nitrogens with zero attached hydrogens (tertiary/aromatic N) is 2. The second-order valence-electron chi connectivity index (χ2n) is 7.76. The number of carbonyl (C=O) groups excluding carboxylic acids is 3. The van der Waals surface area contributed by atoms with Crippen LogP contribution in [0.5, 0.6) is 0 Å². The standard InChI is InChI=1S/C25H21N3O3/c29-22-15-16-25(24(31)26-19-11-5-2-6-12-19)27(17-18-9-3-1-4-10-18)23(30)20-13-7-8-14-21(20)28(22)25/h1-14H,15-17H2,(H,26,31). The van der Waals surface area contributed by atoms with Gasteiger partial charge in [0.1, 0.15) is 0 Å². The van der Waals surface area contributed by atoms with Crippen LogP contribution in [0.4, 0.5) is 11.4 Å². The molecular formula is C25H21N3O3. The van der Waals surface area contributed by atoms with Crippen LogP contribution in [0.2, 0.25) is 0 Å². The molecule has 2 heterocycles. The molecule has 6 heteroatoms. The predicted molar refractivity (Wildman–Crippen MR) is 117 cm³/mol. The highest BCUT2D eigenvalue weighted by Gasteiger charge is 2.60. The lowest BCUT2D eigenvalue weighted by Crippen LogP contribution is -2.69. The van der Waals surface area contributed by atoms with Gasteiger partial charge in [-0.05, 0) is 29.8 Å². The van der Waals surface area contributed by atoms with Crippen molar-refractivity contribution < 1.29 is 14.4 Å². The van der Waals surface area contributed by atoms with Gasteiger partial charge >= 0.3 is 0 Å². The zero-order valence-electron chi connectivity index (χ0n) is 16.8. The lowest BCUT2D eigenvalue weighted by atomic mass is 9.94. The van der Waals surface area contributed by atoms with Crippen molar-refractivity contribution >= 4 is 29.1 Å². The van der Waals surface area contributed by atoms with Crippen molar-refractivity contribution in [3.05, 3.63) is 96.1 Å². The Kier molecular flexibility index (Phi) is 4.55. The molecule has 0 radical (unpaired) electrons. The van der Waals surface area contributed by atoms with E-state index in [4.69, 9.17) is 0 Å². The summed E-state index contributed by atoms with van der Waals surface area (Å²) in [5.74, 6) is -0.807. The molecule has 0 bridgehead atoms. The zero-order valence-corrected chi connectivity index (χ0v) is 16.8. The Morgan fingerprint density at radius 1 is 0.871 bits per heavy atom. The number of nitrogens with one attached hydrogen (secondary N) is 1. The maximum absolute atomic E-state index is 13.8. The summed E-state index contributed by atoms with van der Waals surface area (Å²) < 4.78 is 0. The van der Waals surface area contributed by atoms with E-state index < -0.39 is 5.66 Å². The lowest BCUT2D eigenvalue weighted by Gasteiger charge is -2.49. The van der Waals surface area contributed by atoms with Crippen LogP contribution in [0.3, 0.4) is 0 Å². The number of hydrogen-bond acceptors (Lipinski definition) is 3. The summed E-state index contributed by atoms with van der Waals surface area (Å²) in [7, 11) is 0. The van der Waals surface area contributed by atoms with Crippen LogP contribution in [0.1, 0.15) is 28.8 Å². The summed E-state index contributed by atoms with van der Waals surface area (Å²) in [6, 6.07) is 25.6. The number of carbonyl (C=O) groups is 3. The van der Waals surface area contributed by atoms with Gasteiger partial charge in [0.25, 0.3) is 11.8 Å². The van der Waals surface area contributed by atoms with Crippen molar-refractivity contribution in [2.24, 2.45) is 0 Å². The van der Waals surface area contributed by atoms with Gasteiger partial charge in [-0.3, -0.25) is 19.3 Å². The van der Waals surface area contributed by atoms with Gasteiger partial charge in [0.15, 0.2) is 0 Å². The molecule has 0 spiro atoms. The number of fused-ring (bicyclic) bond motifs is 3. The smallest absolute Gasteiger partial charge is 0.271 e. The first-order chi connectivity index (χ1) is 15.1. The molecule has 1 unspecified atom stereocenters. The van der Waals surface area contributed by atoms with Gasteiger partial charge in [0.05, 0.1) is 11.3 Å². The summed E-state index contributed by atoms with van der Waals surface area (Å²) in [6.45, 7) is 0.222. The summed E-state index contributed by atoms with van der Waals surface area (Å²) >= 11 is 0. The highest BCUT2D eigenvalue weighted by atomic mass is 16.2. The molecule has 31 heavy (non-hydrogen) atoms. The molecule has 0 saturated carbocycles. The van der Waals surface area contributed by atoms with Gasteiger partial charge in [-0.25, -0.2) is 0 Å². The van der Waals surface area contributed by atoms with Crippen molar-refractivity contribution in [1.29, 1.82) is 0 Å². The minimum absolute atomic E-state index is 0.166. The van der Waals surface area contributed by atoms with Crippen LogP contribution < -0.4 is 10.2 Å². The van der Waals surface area contributed by atoms with Crippen molar-refractivity contribution in [2.45, 2.75) is 25.0 Å². The molecule has 0 aromatic heterocycles. The maximum atomic E-state index is 13.8. The first-order valence-electron chi connectivity index (χ1n) is 10.3. The average Bonchev–Trinajstić information content (AvgIpc) is 3.16. The number of hydrogen-bond donors (Lipinski definition) is 1. The minimum atomic E-state index is -1.42. The second kappa shape index (κ2) is 7.40. The monoisotopic (exact) mass is 411 g/mol. The van der Waals surface area contributed by atoms with E-state index in [1.165, 1.54) is 4.90 Å². The molecule has 0 aliphatic carbocycles. The Hall–Kier alpha value is -3.93. The SMILES string of the molecule is O=C1c2ccccc2N2C(=O)CCC2(C(=O)Nc2ccccc2)N1Cc1ccccc1. The normalized spacial score (nSPS) is 19.7.